The maximum Gasteiger partial charge on any atom is 0.263 e. The fraction of sp³-hybridized carbons (Fsp3) is 0.200. The van der Waals surface area contributed by atoms with Crippen molar-refractivity contribution in [3.63, 3.8) is 0 Å². The molecule has 0 aliphatic rings. The van der Waals surface area contributed by atoms with Crippen LogP contribution in [0, 0.1) is 17.1 Å². The number of carbonyl (C=O) groups excluding carboxylic acids is 1. The van der Waals surface area contributed by atoms with Gasteiger partial charge in [-0.1, -0.05) is 31.2 Å². The number of nitriles is 1. The lowest BCUT2D eigenvalue weighted by molar-refractivity contribution is -0.117. The second kappa shape index (κ2) is 8.65. The van der Waals surface area contributed by atoms with Crippen molar-refractivity contribution >= 4 is 11.6 Å². The second-order valence-electron chi connectivity index (χ2n) is 5.61. The van der Waals surface area contributed by atoms with E-state index in [-0.39, 0.29) is 17.4 Å². The molecule has 2 rings (SSSR count). The molecule has 1 unspecified atom stereocenters. The third-order valence-electron chi connectivity index (χ3n) is 3.83. The van der Waals surface area contributed by atoms with Crippen LogP contribution < -0.4 is 10.6 Å². The fourth-order valence-corrected chi connectivity index (χ4v) is 2.25. The van der Waals surface area contributed by atoms with Gasteiger partial charge in [0.2, 0.25) is 0 Å². The number of halogens is 1. The Balaban J connectivity index is 2.01. The first kappa shape index (κ1) is 18.2. The molecule has 0 saturated heterocycles. The van der Waals surface area contributed by atoms with Gasteiger partial charge in [0.1, 0.15) is 17.5 Å². The second-order valence-corrected chi connectivity index (χ2v) is 5.61. The van der Waals surface area contributed by atoms with Crippen LogP contribution in [0.1, 0.15) is 31.0 Å². The summed E-state index contributed by atoms with van der Waals surface area (Å²) in [5.74, 6) is -0.820. The zero-order chi connectivity index (χ0) is 18.2. The first-order valence-electron chi connectivity index (χ1n) is 8.05. The van der Waals surface area contributed by atoms with Crippen LogP contribution in [-0.4, -0.2) is 5.91 Å². The Morgan fingerprint density at radius 1 is 1.20 bits per heavy atom. The van der Waals surface area contributed by atoms with Crippen molar-refractivity contribution in [3.8, 4) is 6.07 Å². The molecule has 0 radical (unpaired) electrons. The SMILES string of the molecule is CCc1ccc(C(C)NC(=O)/C(C#N)=C\Nc2ccc(F)cc2)cc1. The maximum atomic E-state index is 12.9. The molecular formula is C20H20FN3O. The summed E-state index contributed by atoms with van der Waals surface area (Å²) in [5.41, 5.74) is 2.73. The van der Waals surface area contributed by atoms with Crippen molar-refractivity contribution in [2.24, 2.45) is 0 Å². The number of amides is 1. The highest BCUT2D eigenvalue weighted by atomic mass is 19.1. The number of anilines is 1. The zero-order valence-electron chi connectivity index (χ0n) is 14.2. The van der Waals surface area contributed by atoms with Crippen LogP contribution in [0.2, 0.25) is 0 Å². The Bertz CT molecular complexity index is 789. The first-order chi connectivity index (χ1) is 12.0. The van der Waals surface area contributed by atoms with Gasteiger partial charge in [0, 0.05) is 11.9 Å². The summed E-state index contributed by atoms with van der Waals surface area (Å²) < 4.78 is 12.9. The zero-order valence-corrected chi connectivity index (χ0v) is 14.2. The standard InChI is InChI=1S/C20H20FN3O/c1-3-15-4-6-16(7-5-15)14(2)24-20(25)17(12-22)13-23-19-10-8-18(21)9-11-19/h4-11,13-14,23H,3H2,1-2H3,(H,24,25)/b17-13-. The number of carbonyl (C=O) groups is 1. The van der Waals surface area contributed by atoms with Gasteiger partial charge in [-0.05, 0) is 48.7 Å². The van der Waals surface area contributed by atoms with Crippen molar-refractivity contribution < 1.29 is 9.18 Å². The largest absolute Gasteiger partial charge is 0.360 e. The van der Waals surface area contributed by atoms with Gasteiger partial charge in [-0.3, -0.25) is 4.79 Å². The van der Waals surface area contributed by atoms with Crippen LogP contribution in [0.3, 0.4) is 0 Å². The van der Waals surface area contributed by atoms with E-state index in [0.29, 0.717) is 5.69 Å². The summed E-state index contributed by atoms with van der Waals surface area (Å²) >= 11 is 0. The van der Waals surface area contributed by atoms with E-state index in [1.807, 2.05) is 37.3 Å². The number of nitrogens with one attached hydrogen (secondary N) is 2. The molecule has 2 N–H and O–H groups in total. The quantitative estimate of drug-likeness (QED) is 0.616. The van der Waals surface area contributed by atoms with Crippen molar-refractivity contribution in [3.05, 3.63) is 77.2 Å². The lowest BCUT2D eigenvalue weighted by atomic mass is 10.0. The Morgan fingerprint density at radius 2 is 1.84 bits per heavy atom. The number of hydrogen-bond acceptors (Lipinski definition) is 3. The molecular weight excluding hydrogens is 317 g/mol. The molecule has 0 bridgehead atoms. The molecule has 0 fully saturated rings. The lowest BCUT2D eigenvalue weighted by Gasteiger charge is -2.14. The predicted molar refractivity (Wildman–Crippen MR) is 96.1 cm³/mol. The lowest BCUT2D eigenvalue weighted by Crippen LogP contribution is -2.28. The molecule has 0 aliphatic heterocycles. The number of nitrogens with zero attached hydrogens (tertiary/aromatic N) is 1. The molecule has 1 amide bonds. The summed E-state index contributed by atoms with van der Waals surface area (Å²) in [6.45, 7) is 3.94. The molecule has 0 aliphatic carbocycles. The van der Waals surface area contributed by atoms with E-state index in [0.717, 1.165) is 12.0 Å². The van der Waals surface area contributed by atoms with Gasteiger partial charge in [-0.25, -0.2) is 4.39 Å². The predicted octanol–water partition coefficient (Wildman–Crippen LogP) is 4.08. The highest BCUT2D eigenvalue weighted by Gasteiger charge is 2.13. The van der Waals surface area contributed by atoms with E-state index in [1.165, 1.54) is 36.0 Å². The van der Waals surface area contributed by atoms with E-state index in [2.05, 4.69) is 17.6 Å². The minimum atomic E-state index is -0.468. The van der Waals surface area contributed by atoms with Gasteiger partial charge in [-0.2, -0.15) is 5.26 Å². The topological polar surface area (TPSA) is 64.9 Å². The molecule has 2 aromatic carbocycles. The van der Waals surface area contributed by atoms with Crippen LogP contribution in [0.25, 0.3) is 0 Å². The highest BCUT2D eigenvalue weighted by Crippen LogP contribution is 2.15. The molecule has 1 atom stereocenters. The molecule has 2 aromatic rings. The number of hydrogen-bond donors (Lipinski definition) is 2. The summed E-state index contributed by atoms with van der Waals surface area (Å²) in [4.78, 5) is 12.3. The van der Waals surface area contributed by atoms with E-state index < -0.39 is 5.91 Å². The molecule has 5 heteroatoms. The average molecular weight is 337 g/mol. The Morgan fingerprint density at radius 3 is 2.40 bits per heavy atom. The molecule has 25 heavy (non-hydrogen) atoms. The summed E-state index contributed by atoms with van der Waals surface area (Å²) in [7, 11) is 0. The Hall–Kier alpha value is -3.13. The van der Waals surface area contributed by atoms with Gasteiger partial charge >= 0.3 is 0 Å². The van der Waals surface area contributed by atoms with Gasteiger partial charge in [0.15, 0.2) is 0 Å². The molecule has 0 saturated carbocycles. The molecule has 0 heterocycles. The van der Waals surface area contributed by atoms with Gasteiger partial charge in [0.05, 0.1) is 6.04 Å². The summed E-state index contributed by atoms with van der Waals surface area (Å²) in [5, 5.41) is 14.8. The smallest absolute Gasteiger partial charge is 0.263 e. The molecule has 128 valence electrons. The van der Waals surface area contributed by atoms with Crippen LogP contribution in [-0.2, 0) is 11.2 Å². The van der Waals surface area contributed by atoms with E-state index in [4.69, 9.17) is 0 Å². The van der Waals surface area contributed by atoms with Crippen molar-refractivity contribution in [2.45, 2.75) is 26.3 Å². The molecule has 4 nitrogen and oxygen atoms in total. The van der Waals surface area contributed by atoms with Crippen molar-refractivity contribution in [1.29, 1.82) is 5.26 Å². The molecule has 0 aromatic heterocycles. The van der Waals surface area contributed by atoms with Crippen molar-refractivity contribution in [1.82, 2.24) is 5.32 Å². The highest BCUT2D eigenvalue weighted by molar-refractivity contribution is 5.97. The first-order valence-corrected chi connectivity index (χ1v) is 8.05. The summed E-state index contributed by atoms with van der Waals surface area (Å²) in [6, 6.07) is 15.3. The minimum Gasteiger partial charge on any atom is -0.360 e. The van der Waals surface area contributed by atoms with Crippen LogP contribution in [0.4, 0.5) is 10.1 Å². The van der Waals surface area contributed by atoms with Gasteiger partial charge in [0.25, 0.3) is 5.91 Å². The van der Waals surface area contributed by atoms with E-state index in [9.17, 15) is 14.4 Å². The monoisotopic (exact) mass is 337 g/mol. The number of aryl methyl sites for hydroxylation is 1. The van der Waals surface area contributed by atoms with Crippen LogP contribution in [0.15, 0.2) is 60.3 Å². The summed E-state index contributed by atoms with van der Waals surface area (Å²) in [6.07, 6.45) is 2.27. The Labute approximate surface area is 147 Å². The third kappa shape index (κ3) is 5.18. The minimum absolute atomic E-state index is 0.0543. The fourth-order valence-electron chi connectivity index (χ4n) is 2.25. The third-order valence-corrected chi connectivity index (χ3v) is 3.83. The number of rotatable bonds is 6. The average Bonchev–Trinajstić information content (AvgIpc) is 2.63. The van der Waals surface area contributed by atoms with Crippen molar-refractivity contribution in [2.75, 3.05) is 5.32 Å². The maximum absolute atomic E-state index is 12.9. The normalized spacial score (nSPS) is 12.2. The Kier molecular flexibility index (Phi) is 6.30. The van der Waals surface area contributed by atoms with Crippen LogP contribution in [0.5, 0.6) is 0 Å². The van der Waals surface area contributed by atoms with E-state index >= 15 is 0 Å². The molecule has 0 spiro atoms. The van der Waals surface area contributed by atoms with Crippen LogP contribution >= 0.6 is 0 Å². The van der Waals surface area contributed by atoms with Gasteiger partial charge in [-0.15, -0.1) is 0 Å². The van der Waals surface area contributed by atoms with E-state index in [1.54, 1.807) is 0 Å². The number of benzene rings is 2. The van der Waals surface area contributed by atoms with Gasteiger partial charge < -0.3 is 10.6 Å².